The highest BCUT2D eigenvalue weighted by molar-refractivity contribution is 5.69. The molecular weight excluding hydrogens is 265 g/mol. The maximum absolute atomic E-state index is 13.7. The lowest BCUT2D eigenvalue weighted by Gasteiger charge is -2.13. The topological polar surface area (TPSA) is 29.9 Å². The minimum atomic E-state index is -0.204. The Bertz CT molecular complexity index is 602. The van der Waals surface area contributed by atoms with Crippen molar-refractivity contribution in [2.75, 3.05) is 0 Å². The SMILES string of the molecule is CCCc1nn(C)cc1-c1cc(F)ccc1CNC(C)C. The van der Waals surface area contributed by atoms with Crippen LogP contribution in [-0.2, 0) is 20.0 Å². The number of nitrogens with zero attached hydrogens (tertiary/aromatic N) is 2. The van der Waals surface area contributed by atoms with E-state index in [4.69, 9.17) is 0 Å². The monoisotopic (exact) mass is 289 g/mol. The molecule has 0 bridgehead atoms. The number of benzene rings is 1. The fourth-order valence-corrected chi connectivity index (χ4v) is 2.45. The van der Waals surface area contributed by atoms with Crippen LogP contribution < -0.4 is 5.32 Å². The summed E-state index contributed by atoms with van der Waals surface area (Å²) in [5, 5.41) is 7.92. The van der Waals surface area contributed by atoms with E-state index in [-0.39, 0.29) is 5.82 Å². The Balaban J connectivity index is 2.43. The molecule has 2 rings (SSSR count). The first kappa shape index (κ1) is 15.7. The molecule has 21 heavy (non-hydrogen) atoms. The van der Waals surface area contributed by atoms with Crippen LogP contribution >= 0.6 is 0 Å². The molecule has 0 amide bonds. The van der Waals surface area contributed by atoms with Crippen LogP contribution in [0, 0.1) is 5.82 Å². The number of hydrogen-bond donors (Lipinski definition) is 1. The average molecular weight is 289 g/mol. The van der Waals surface area contributed by atoms with Gasteiger partial charge >= 0.3 is 0 Å². The number of nitrogens with one attached hydrogen (secondary N) is 1. The van der Waals surface area contributed by atoms with Gasteiger partial charge in [-0.05, 0) is 29.7 Å². The zero-order valence-corrected chi connectivity index (χ0v) is 13.3. The number of aromatic nitrogens is 2. The minimum Gasteiger partial charge on any atom is -0.310 e. The van der Waals surface area contributed by atoms with Crippen molar-refractivity contribution < 1.29 is 4.39 Å². The van der Waals surface area contributed by atoms with E-state index in [0.29, 0.717) is 6.04 Å². The first-order valence-corrected chi connectivity index (χ1v) is 7.56. The zero-order chi connectivity index (χ0) is 15.4. The molecule has 0 saturated carbocycles. The highest BCUT2D eigenvalue weighted by Crippen LogP contribution is 2.28. The molecule has 0 atom stereocenters. The number of rotatable bonds is 6. The lowest BCUT2D eigenvalue weighted by molar-refractivity contribution is 0.587. The van der Waals surface area contributed by atoms with Crippen LogP contribution in [0.2, 0.25) is 0 Å². The molecule has 1 heterocycles. The molecule has 1 aromatic heterocycles. The van der Waals surface area contributed by atoms with Crippen molar-refractivity contribution in [3.05, 3.63) is 41.5 Å². The minimum absolute atomic E-state index is 0.204. The van der Waals surface area contributed by atoms with Crippen molar-refractivity contribution >= 4 is 0 Å². The fourth-order valence-electron chi connectivity index (χ4n) is 2.45. The van der Waals surface area contributed by atoms with Gasteiger partial charge in [0.05, 0.1) is 5.69 Å². The summed E-state index contributed by atoms with van der Waals surface area (Å²) in [5.74, 6) is -0.204. The smallest absolute Gasteiger partial charge is 0.123 e. The van der Waals surface area contributed by atoms with Gasteiger partial charge in [0.1, 0.15) is 5.82 Å². The molecule has 0 spiro atoms. The quantitative estimate of drug-likeness (QED) is 0.879. The molecule has 0 aliphatic heterocycles. The van der Waals surface area contributed by atoms with Gasteiger partial charge in [-0.1, -0.05) is 33.3 Å². The third-order valence-electron chi connectivity index (χ3n) is 3.45. The molecule has 0 saturated heterocycles. The summed E-state index contributed by atoms with van der Waals surface area (Å²) in [6.45, 7) is 7.07. The third kappa shape index (κ3) is 3.91. The molecule has 2 aromatic rings. The maximum Gasteiger partial charge on any atom is 0.123 e. The van der Waals surface area contributed by atoms with E-state index in [1.54, 1.807) is 6.07 Å². The summed E-state index contributed by atoms with van der Waals surface area (Å²) >= 11 is 0. The molecule has 0 aliphatic rings. The van der Waals surface area contributed by atoms with Crippen LogP contribution in [0.25, 0.3) is 11.1 Å². The lowest BCUT2D eigenvalue weighted by atomic mass is 9.98. The Morgan fingerprint density at radius 3 is 2.71 bits per heavy atom. The van der Waals surface area contributed by atoms with Gasteiger partial charge in [-0.25, -0.2) is 4.39 Å². The van der Waals surface area contributed by atoms with E-state index >= 15 is 0 Å². The number of hydrogen-bond acceptors (Lipinski definition) is 2. The average Bonchev–Trinajstić information content (AvgIpc) is 2.78. The van der Waals surface area contributed by atoms with Crippen molar-refractivity contribution in [2.24, 2.45) is 7.05 Å². The molecule has 0 fully saturated rings. The summed E-state index contributed by atoms with van der Waals surface area (Å²) in [4.78, 5) is 0. The molecule has 0 unspecified atom stereocenters. The van der Waals surface area contributed by atoms with Gasteiger partial charge in [-0.3, -0.25) is 4.68 Å². The van der Waals surface area contributed by atoms with Crippen LogP contribution in [0.4, 0.5) is 4.39 Å². The van der Waals surface area contributed by atoms with Crippen LogP contribution in [0.15, 0.2) is 24.4 Å². The molecule has 1 N–H and O–H groups in total. The van der Waals surface area contributed by atoms with Crippen molar-refractivity contribution in [1.29, 1.82) is 0 Å². The van der Waals surface area contributed by atoms with Crippen LogP contribution in [-0.4, -0.2) is 15.8 Å². The van der Waals surface area contributed by atoms with E-state index in [9.17, 15) is 4.39 Å². The van der Waals surface area contributed by atoms with Gasteiger partial charge in [0, 0.05) is 31.4 Å². The maximum atomic E-state index is 13.7. The molecule has 1 aromatic carbocycles. The Labute approximate surface area is 126 Å². The molecule has 0 radical (unpaired) electrons. The van der Waals surface area contributed by atoms with Gasteiger partial charge in [-0.15, -0.1) is 0 Å². The summed E-state index contributed by atoms with van der Waals surface area (Å²) in [6, 6.07) is 5.40. The molecule has 0 aliphatic carbocycles. The second-order valence-corrected chi connectivity index (χ2v) is 5.75. The van der Waals surface area contributed by atoms with E-state index < -0.39 is 0 Å². The summed E-state index contributed by atoms with van der Waals surface area (Å²) in [5.41, 5.74) is 4.13. The van der Waals surface area contributed by atoms with Gasteiger partial charge in [0.25, 0.3) is 0 Å². The molecule has 114 valence electrons. The second kappa shape index (κ2) is 6.85. The van der Waals surface area contributed by atoms with Crippen molar-refractivity contribution in [3.8, 4) is 11.1 Å². The Morgan fingerprint density at radius 1 is 1.29 bits per heavy atom. The van der Waals surface area contributed by atoms with E-state index in [2.05, 4.69) is 31.2 Å². The van der Waals surface area contributed by atoms with Crippen LogP contribution in [0.3, 0.4) is 0 Å². The standard InChI is InChI=1S/C17H24FN3/c1-5-6-17-16(11-21(4)20-17)15-9-14(18)8-7-13(15)10-19-12(2)3/h7-9,11-12,19H,5-6,10H2,1-4H3. The van der Waals surface area contributed by atoms with Crippen molar-refractivity contribution in [1.82, 2.24) is 15.1 Å². The highest BCUT2D eigenvalue weighted by Gasteiger charge is 2.14. The van der Waals surface area contributed by atoms with E-state index in [1.165, 1.54) is 6.07 Å². The summed E-state index contributed by atoms with van der Waals surface area (Å²) < 4.78 is 15.5. The second-order valence-electron chi connectivity index (χ2n) is 5.75. The number of aryl methyl sites for hydroxylation is 2. The molecule has 4 heteroatoms. The van der Waals surface area contributed by atoms with E-state index in [0.717, 1.165) is 41.8 Å². The predicted molar refractivity (Wildman–Crippen MR) is 84.6 cm³/mol. The molecule has 3 nitrogen and oxygen atoms in total. The van der Waals surface area contributed by atoms with E-state index in [1.807, 2.05) is 24.0 Å². The first-order valence-electron chi connectivity index (χ1n) is 7.56. The molecular formula is C17H24FN3. The summed E-state index contributed by atoms with van der Waals surface area (Å²) in [7, 11) is 1.91. The zero-order valence-electron chi connectivity index (χ0n) is 13.3. The highest BCUT2D eigenvalue weighted by atomic mass is 19.1. The van der Waals surface area contributed by atoms with Crippen LogP contribution in [0.5, 0.6) is 0 Å². The fraction of sp³-hybridized carbons (Fsp3) is 0.471. The predicted octanol–water partition coefficient (Wildman–Crippen LogP) is 3.68. The van der Waals surface area contributed by atoms with Gasteiger partial charge in [-0.2, -0.15) is 5.10 Å². The Morgan fingerprint density at radius 2 is 2.05 bits per heavy atom. The van der Waals surface area contributed by atoms with Gasteiger partial charge in [0.15, 0.2) is 0 Å². The normalized spacial score (nSPS) is 11.3. The number of halogens is 1. The van der Waals surface area contributed by atoms with Gasteiger partial charge in [0.2, 0.25) is 0 Å². The largest absolute Gasteiger partial charge is 0.310 e. The Hall–Kier alpha value is -1.68. The third-order valence-corrected chi connectivity index (χ3v) is 3.45. The Kier molecular flexibility index (Phi) is 5.12. The first-order chi connectivity index (χ1) is 10.0. The lowest BCUT2D eigenvalue weighted by Crippen LogP contribution is -2.22. The van der Waals surface area contributed by atoms with Crippen molar-refractivity contribution in [3.63, 3.8) is 0 Å². The van der Waals surface area contributed by atoms with Gasteiger partial charge < -0.3 is 5.32 Å². The van der Waals surface area contributed by atoms with Crippen molar-refractivity contribution in [2.45, 2.75) is 46.2 Å². The van der Waals surface area contributed by atoms with Crippen LogP contribution in [0.1, 0.15) is 38.4 Å². The summed E-state index contributed by atoms with van der Waals surface area (Å²) in [6.07, 6.45) is 3.92.